The van der Waals surface area contributed by atoms with Crippen LogP contribution in [0.15, 0.2) is 12.7 Å². The van der Waals surface area contributed by atoms with Gasteiger partial charge in [-0.1, -0.05) is 18.9 Å². The molecular formula is C9H18ClN. The van der Waals surface area contributed by atoms with Gasteiger partial charge in [-0.2, -0.15) is 0 Å². The molecule has 2 heteroatoms. The van der Waals surface area contributed by atoms with E-state index in [1.165, 1.54) is 6.42 Å². The predicted molar refractivity (Wildman–Crippen MR) is 52.0 cm³/mol. The Kier molecular flexibility index (Phi) is 6.68. The van der Waals surface area contributed by atoms with Crippen LogP contribution in [0.1, 0.15) is 32.6 Å². The SMILES string of the molecule is C=C[C@@H](Cl)CCCCC(C)N. The molecule has 0 aliphatic rings. The molecular weight excluding hydrogens is 158 g/mol. The number of alkyl halides is 1. The highest BCUT2D eigenvalue weighted by molar-refractivity contribution is 6.21. The van der Waals surface area contributed by atoms with Crippen LogP contribution in [0.25, 0.3) is 0 Å². The Balaban J connectivity index is 3.07. The summed E-state index contributed by atoms with van der Waals surface area (Å²) >= 11 is 5.83. The second kappa shape index (κ2) is 6.68. The number of allylic oxidation sites excluding steroid dienone is 1. The van der Waals surface area contributed by atoms with E-state index < -0.39 is 0 Å². The number of hydrogen-bond donors (Lipinski definition) is 1. The van der Waals surface area contributed by atoms with Gasteiger partial charge in [-0.25, -0.2) is 0 Å². The maximum absolute atomic E-state index is 5.83. The molecule has 0 rings (SSSR count). The summed E-state index contributed by atoms with van der Waals surface area (Å²) in [5.74, 6) is 0. The summed E-state index contributed by atoms with van der Waals surface area (Å²) in [5.41, 5.74) is 5.59. The van der Waals surface area contributed by atoms with Crippen LogP contribution >= 0.6 is 11.6 Å². The number of hydrogen-bond acceptors (Lipinski definition) is 1. The maximum Gasteiger partial charge on any atom is 0.0513 e. The van der Waals surface area contributed by atoms with Crippen molar-refractivity contribution in [2.75, 3.05) is 0 Å². The third kappa shape index (κ3) is 7.89. The molecule has 0 aromatic carbocycles. The molecule has 0 spiro atoms. The van der Waals surface area contributed by atoms with E-state index in [1.807, 2.05) is 6.92 Å². The van der Waals surface area contributed by atoms with Crippen LogP contribution in [0.4, 0.5) is 0 Å². The van der Waals surface area contributed by atoms with Crippen molar-refractivity contribution in [1.82, 2.24) is 0 Å². The van der Waals surface area contributed by atoms with E-state index >= 15 is 0 Å². The normalized spacial score (nSPS) is 15.9. The second-order valence-electron chi connectivity index (χ2n) is 3.01. The molecule has 0 saturated carbocycles. The molecule has 1 nitrogen and oxygen atoms in total. The van der Waals surface area contributed by atoms with Gasteiger partial charge in [0.25, 0.3) is 0 Å². The minimum absolute atomic E-state index is 0.142. The Morgan fingerprint density at radius 2 is 2.00 bits per heavy atom. The van der Waals surface area contributed by atoms with E-state index in [-0.39, 0.29) is 5.38 Å². The van der Waals surface area contributed by atoms with Gasteiger partial charge in [-0.15, -0.1) is 18.2 Å². The van der Waals surface area contributed by atoms with Gasteiger partial charge in [0.05, 0.1) is 5.38 Å². The first kappa shape index (κ1) is 11.0. The lowest BCUT2D eigenvalue weighted by atomic mass is 10.1. The fourth-order valence-electron chi connectivity index (χ4n) is 0.924. The van der Waals surface area contributed by atoms with E-state index in [1.54, 1.807) is 6.08 Å². The lowest BCUT2D eigenvalue weighted by Gasteiger charge is -2.05. The Bertz CT molecular complexity index is 102. The first-order valence-corrected chi connectivity index (χ1v) is 4.62. The number of unbranched alkanes of at least 4 members (excludes halogenated alkanes) is 1. The van der Waals surface area contributed by atoms with Gasteiger partial charge in [0.2, 0.25) is 0 Å². The molecule has 66 valence electrons. The molecule has 0 aliphatic heterocycles. The lowest BCUT2D eigenvalue weighted by Crippen LogP contribution is -2.14. The van der Waals surface area contributed by atoms with Crippen LogP contribution in [-0.2, 0) is 0 Å². The molecule has 11 heavy (non-hydrogen) atoms. The first-order chi connectivity index (χ1) is 5.16. The van der Waals surface area contributed by atoms with E-state index in [0.717, 1.165) is 19.3 Å². The van der Waals surface area contributed by atoms with Crippen LogP contribution < -0.4 is 5.73 Å². The van der Waals surface area contributed by atoms with E-state index in [4.69, 9.17) is 17.3 Å². The Morgan fingerprint density at radius 1 is 1.45 bits per heavy atom. The van der Waals surface area contributed by atoms with Crippen LogP contribution in [0.2, 0.25) is 0 Å². The Morgan fingerprint density at radius 3 is 2.45 bits per heavy atom. The summed E-state index contributed by atoms with van der Waals surface area (Å²) in [6.07, 6.45) is 6.24. The molecule has 2 atom stereocenters. The minimum Gasteiger partial charge on any atom is -0.328 e. The molecule has 1 unspecified atom stereocenters. The van der Waals surface area contributed by atoms with Crippen LogP contribution in [0.3, 0.4) is 0 Å². The quantitative estimate of drug-likeness (QED) is 0.375. The van der Waals surface area contributed by atoms with Gasteiger partial charge >= 0.3 is 0 Å². The molecule has 0 bridgehead atoms. The Labute approximate surface area is 74.6 Å². The summed E-state index contributed by atoms with van der Waals surface area (Å²) < 4.78 is 0. The van der Waals surface area contributed by atoms with E-state index in [9.17, 15) is 0 Å². The van der Waals surface area contributed by atoms with Crippen molar-refractivity contribution in [2.45, 2.75) is 44.0 Å². The minimum atomic E-state index is 0.142. The predicted octanol–water partition coefficient (Wildman–Crippen LogP) is 2.69. The average molecular weight is 176 g/mol. The molecule has 0 heterocycles. The van der Waals surface area contributed by atoms with Crippen molar-refractivity contribution in [3.8, 4) is 0 Å². The summed E-state index contributed by atoms with van der Waals surface area (Å²) in [4.78, 5) is 0. The standard InChI is InChI=1S/C9H18ClN/c1-3-9(10)7-5-4-6-8(2)11/h3,8-9H,1,4-7,11H2,2H3/t8?,9-/m1/s1. The molecule has 0 fully saturated rings. The molecule has 0 aromatic heterocycles. The monoisotopic (exact) mass is 175 g/mol. The lowest BCUT2D eigenvalue weighted by molar-refractivity contribution is 0.583. The van der Waals surface area contributed by atoms with E-state index in [2.05, 4.69) is 6.58 Å². The summed E-state index contributed by atoms with van der Waals surface area (Å²) in [6.45, 7) is 5.65. The van der Waals surface area contributed by atoms with E-state index in [0.29, 0.717) is 6.04 Å². The molecule has 0 aliphatic carbocycles. The first-order valence-electron chi connectivity index (χ1n) is 4.19. The van der Waals surface area contributed by atoms with Crippen molar-refractivity contribution < 1.29 is 0 Å². The zero-order valence-electron chi connectivity index (χ0n) is 7.22. The molecule has 0 amide bonds. The molecule has 0 aromatic rings. The van der Waals surface area contributed by atoms with Crippen LogP contribution in [-0.4, -0.2) is 11.4 Å². The zero-order valence-corrected chi connectivity index (χ0v) is 7.98. The van der Waals surface area contributed by atoms with Crippen LogP contribution in [0, 0.1) is 0 Å². The van der Waals surface area contributed by atoms with Gasteiger partial charge in [0.15, 0.2) is 0 Å². The zero-order chi connectivity index (χ0) is 8.69. The highest BCUT2D eigenvalue weighted by Crippen LogP contribution is 2.10. The molecule has 2 N–H and O–H groups in total. The third-order valence-electron chi connectivity index (χ3n) is 1.65. The largest absolute Gasteiger partial charge is 0.328 e. The number of rotatable bonds is 6. The maximum atomic E-state index is 5.83. The van der Waals surface area contributed by atoms with Crippen LogP contribution in [0.5, 0.6) is 0 Å². The van der Waals surface area contributed by atoms with Gasteiger partial charge in [-0.3, -0.25) is 0 Å². The van der Waals surface area contributed by atoms with Crippen molar-refractivity contribution in [1.29, 1.82) is 0 Å². The average Bonchev–Trinajstić information content (AvgIpc) is 1.97. The van der Waals surface area contributed by atoms with Gasteiger partial charge in [0.1, 0.15) is 0 Å². The number of halogens is 1. The fourth-order valence-corrected chi connectivity index (χ4v) is 1.08. The molecule has 0 radical (unpaired) electrons. The fraction of sp³-hybridized carbons (Fsp3) is 0.778. The highest BCUT2D eigenvalue weighted by Gasteiger charge is 1.98. The number of nitrogens with two attached hydrogens (primary N) is 1. The smallest absolute Gasteiger partial charge is 0.0513 e. The highest BCUT2D eigenvalue weighted by atomic mass is 35.5. The van der Waals surface area contributed by atoms with Crippen molar-refractivity contribution >= 4 is 11.6 Å². The Hall–Kier alpha value is -0.0100. The summed E-state index contributed by atoms with van der Waals surface area (Å²) in [6, 6.07) is 0.326. The van der Waals surface area contributed by atoms with Crippen molar-refractivity contribution in [3.05, 3.63) is 12.7 Å². The van der Waals surface area contributed by atoms with Crippen molar-refractivity contribution in [3.63, 3.8) is 0 Å². The summed E-state index contributed by atoms with van der Waals surface area (Å²) in [7, 11) is 0. The molecule has 0 saturated heterocycles. The van der Waals surface area contributed by atoms with Gasteiger partial charge < -0.3 is 5.73 Å². The second-order valence-corrected chi connectivity index (χ2v) is 3.57. The summed E-state index contributed by atoms with van der Waals surface area (Å²) in [5, 5.41) is 0.142. The topological polar surface area (TPSA) is 26.0 Å². The van der Waals surface area contributed by atoms with Crippen molar-refractivity contribution in [2.24, 2.45) is 5.73 Å². The third-order valence-corrected chi connectivity index (χ3v) is 2.04. The van der Waals surface area contributed by atoms with Gasteiger partial charge in [-0.05, 0) is 19.8 Å². The van der Waals surface area contributed by atoms with Gasteiger partial charge in [0, 0.05) is 6.04 Å².